The second-order valence-corrected chi connectivity index (χ2v) is 7.53. The summed E-state index contributed by atoms with van der Waals surface area (Å²) >= 11 is 0. The van der Waals surface area contributed by atoms with Crippen LogP contribution < -0.4 is 9.64 Å². The highest BCUT2D eigenvalue weighted by Crippen LogP contribution is 2.43. The summed E-state index contributed by atoms with van der Waals surface area (Å²) in [5, 5.41) is 11.3. The number of aliphatic hydroxyl groups is 1. The minimum absolute atomic E-state index is 0.144. The van der Waals surface area contributed by atoms with Crippen molar-refractivity contribution < 1.29 is 32.6 Å². The predicted octanol–water partition coefficient (Wildman–Crippen LogP) is 4.90. The molecule has 0 saturated carbocycles. The molecular weight excluding hydrogens is 446 g/mol. The Morgan fingerprint density at radius 3 is 2.59 bits per heavy atom. The molecule has 1 amide bonds. The van der Waals surface area contributed by atoms with E-state index in [4.69, 9.17) is 9.15 Å². The number of nitrogens with zero attached hydrogens (tertiary/aromatic N) is 2. The third kappa shape index (κ3) is 3.29. The van der Waals surface area contributed by atoms with Crippen LogP contribution in [0.25, 0.3) is 11.0 Å². The summed E-state index contributed by atoms with van der Waals surface area (Å²) in [6.45, 7) is 0. The SMILES string of the molecule is COc1cccc2cc(C(=O)C3=C(O)C(=O)N(c4ccc(F)cc4F)C3c3ccncc3)oc12. The first kappa shape index (κ1) is 21.3. The molecule has 7 nitrogen and oxygen atoms in total. The van der Waals surface area contributed by atoms with Crippen molar-refractivity contribution in [2.45, 2.75) is 6.04 Å². The number of ketones is 1. The number of halogens is 2. The lowest BCUT2D eigenvalue weighted by Crippen LogP contribution is -2.31. The monoisotopic (exact) mass is 462 g/mol. The molecule has 34 heavy (non-hydrogen) atoms. The number of para-hydroxylation sites is 1. The number of ether oxygens (including phenoxy) is 1. The summed E-state index contributed by atoms with van der Waals surface area (Å²) < 4.78 is 39.2. The van der Waals surface area contributed by atoms with E-state index in [1.165, 1.54) is 37.7 Å². The van der Waals surface area contributed by atoms with Crippen LogP contribution in [0.15, 0.2) is 82.7 Å². The van der Waals surface area contributed by atoms with Crippen LogP contribution in [0.5, 0.6) is 5.75 Å². The number of methoxy groups -OCH3 is 1. The van der Waals surface area contributed by atoms with E-state index in [0.29, 0.717) is 28.3 Å². The van der Waals surface area contributed by atoms with Gasteiger partial charge in [-0.05, 0) is 42.0 Å². The highest BCUT2D eigenvalue weighted by molar-refractivity contribution is 6.20. The number of rotatable bonds is 5. The zero-order valence-electron chi connectivity index (χ0n) is 17.7. The molecule has 170 valence electrons. The summed E-state index contributed by atoms with van der Waals surface area (Å²) in [4.78, 5) is 31.5. The molecule has 0 aliphatic carbocycles. The van der Waals surface area contributed by atoms with E-state index in [1.54, 1.807) is 18.2 Å². The Kier molecular flexibility index (Phi) is 5.09. The van der Waals surface area contributed by atoms with Crippen molar-refractivity contribution in [2.75, 3.05) is 12.0 Å². The van der Waals surface area contributed by atoms with Gasteiger partial charge in [-0.2, -0.15) is 0 Å². The van der Waals surface area contributed by atoms with Crippen LogP contribution in [0.4, 0.5) is 14.5 Å². The van der Waals surface area contributed by atoms with Crippen molar-refractivity contribution in [1.82, 2.24) is 4.98 Å². The minimum Gasteiger partial charge on any atom is -0.503 e. The molecule has 3 heterocycles. The Balaban J connectivity index is 1.67. The minimum atomic E-state index is -1.21. The fourth-order valence-electron chi connectivity index (χ4n) is 4.07. The molecule has 4 aromatic rings. The van der Waals surface area contributed by atoms with E-state index in [9.17, 15) is 23.5 Å². The predicted molar refractivity (Wildman–Crippen MR) is 118 cm³/mol. The van der Waals surface area contributed by atoms with Gasteiger partial charge in [0.25, 0.3) is 5.91 Å². The first-order valence-electron chi connectivity index (χ1n) is 10.1. The van der Waals surface area contributed by atoms with Crippen LogP contribution in [0.3, 0.4) is 0 Å². The smallest absolute Gasteiger partial charge is 0.294 e. The fourth-order valence-corrected chi connectivity index (χ4v) is 4.07. The first-order chi connectivity index (χ1) is 16.4. The second kappa shape index (κ2) is 8.11. The van der Waals surface area contributed by atoms with E-state index < -0.39 is 35.1 Å². The van der Waals surface area contributed by atoms with Crippen LogP contribution in [0.1, 0.15) is 22.2 Å². The van der Waals surface area contributed by atoms with Gasteiger partial charge in [0.15, 0.2) is 22.9 Å². The molecule has 5 rings (SSSR count). The number of Topliss-reactive ketones (excluding diaryl/α,β-unsaturated/α-hetero) is 1. The number of benzene rings is 2. The van der Waals surface area contributed by atoms with Crippen molar-refractivity contribution in [3.63, 3.8) is 0 Å². The number of pyridine rings is 1. The number of hydrogen-bond donors (Lipinski definition) is 1. The molecular formula is C25H16F2N2O5. The normalized spacial score (nSPS) is 15.9. The fraction of sp³-hybridized carbons (Fsp3) is 0.0800. The maximum absolute atomic E-state index is 14.7. The van der Waals surface area contributed by atoms with Crippen molar-refractivity contribution in [2.24, 2.45) is 0 Å². The quantitative estimate of drug-likeness (QED) is 0.424. The third-order valence-corrected chi connectivity index (χ3v) is 5.60. The number of aliphatic hydroxyl groups excluding tert-OH is 1. The van der Waals surface area contributed by atoms with Crippen LogP contribution in [0.2, 0.25) is 0 Å². The van der Waals surface area contributed by atoms with Gasteiger partial charge in [0, 0.05) is 23.8 Å². The third-order valence-electron chi connectivity index (χ3n) is 5.60. The van der Waals surface area contributed by atoms with Gasteiger partial charge in [-0.1, -0.05) is 12.1 Å². The van der Waals surface area contributed by atoms with Crippen molar-refractivity contribution in [1.29, 1.82) is 0 Å². The molecule has 0 spiro atoms. The van der Waals surface area contributed by atoms with E-state index in [2.05, 4.69) is 4.98 Å². The lowest BCUT2D eigenvalue weighted by atomic mass is 9.95. The average molecular weight is 462 g/mol. The largest absolute Gasteiger partial charge is 0.503 e. The standard InChI is InChI=1S/C25H16F2N2O5/c1-33-18-4-2-3-14-11-19(34-24(14)18)22(30)20-21(13-7-9-28-10-8-13)29(25(32)23(20)31)17-6-5-15(26)12-16(17)27/h2-12,21,31H,1H3. The van der Waals surface area contributed by atoms with Crippen LogP contribution in [0, 0.1) is 11.6 Å². The number of carbonyl (C=O) groups excluding carboxylic acids is 2. The number of furan rings is 1. The number of fused-ring (bicyclic) bond motifs is 1. The summed E-state index contributed by atoms with van der Waals surface area (Å²) in [6.07, 6.45) is 2.87. The Hall–Kier alpha value is -4.53. The zero-order chi connectivity index (χ0) is 24.0. The molecule has 1 aliphatic rings. The summed E-state index contributed by atoms with van der Waals surface area (Å²) in [5.41, 5.74) is 0.0969. The molecule has 1 atom stereocenters. The molecule has 2 aromatic carbocycles. The van der Waals surface area contributed by atoms with Crippen molar-refractivity contribution in [3.05, 3.63) is 101 Å². The zero-order valence-corrected chi connectivity index (χ0v) is 17.7. The lowest BCUT2D eigenvalue weighted by Gasteiger charge is -2.27. The molecule has 1 N–H and O–H groups in total. The molecule has 0 fully saturated rings. The Bertz CT molecular complexity index is 1480. The molecule has 2 aromatic heterocycles. The number of carbonyl (C=O) groups is 2. The topological polar surface area (TPSA) is 92.9 Å². The summed E-state index contributed by atoms with van der Waals surface area (Å²) in [7, 11) is 1.46. The molecule has 0 saturated heterocycles. The average Bonchev–Trinajstić information content (AvgIpc) is 3.39. The van der Waals surface area contributed by atoms with Gasteiger partial charge in [0.05, 0.1) is 24.4 Å². The molecule has 1 unspecified atom stereocenters. The van der Waals surface area contributed by atoms with Gasteiger partial charge < -0.3 is 14.3 Å². The van der Waals surface area contributed by atoms with Gasteiger partial charge in [-0.15, -0.1) is 0 Å². The van der Waals surface area contributed by atoms with Crippen LogP contribution >= 0.6 is 0 Å². The molecule has 1 aliphatic heterocycles. The van der Waals surface area contributed by atoms with Crippen molar-refractivity contribution >= 4 is 28.3 Å². The highest BCUT2D eigenvalue weighted by Gasteiger charge is 2.46. The van der Waals surface area contributed by atoms with Gasteiger partial charge in [0.2, 0.25) is 5.78 Å². The second-order valence-electron chi connectivity index (χ2n) is 7.53. The van der Waals surface area contributed by atoms with Gasteiger partial charge in [0.1, 0.15) is 11.6 Å². The van der Waals surface area contributed by atoms with E-state index in [0.717, 1.165) is 17.0 Å². The van der Waals surface area contributed by atoms with Crippen LogP contribution in [-0.2, 0) is 4.79 Å². The lowest BCUT2D eigenvalue weighted by molar-refractivity contribution is -0.117. The van der Waals surface area contributed by atoms with Gasteiger partial charge in [-0.25, -0.2) is 8.78 Å². The van der Waals surface area contributed by atoms with Crippen LogP contribution in [-0.4, -0.2) is 28.9 Å². The molecule has 0 bridgehead atoms. The number of hydrogen-bond acceptors (Lipinski definition) is 6. The number of aromatic nitrogens is 1. The number of amides is 1. The maximum Gasteiger partial charge on any atom is 0.294 e. The van der Waals surface area contributed by atoms with Gasteiger partial charge in [-0.3, -0.25) is 19.5 Å². The van der Waals surface area contributed by atoms with Gasteiger partial charge >= 0.3 is 0 Å². The summed E-state index contributed by atoms with van der Waals surface area (Å²) in [6, 6.07) is 11.1. The molecule has 0 radical (unpaired) electrons. The first-order valence-corrected chi connectivity index (χ1v) is 10.1. The van der Waals surface area contributed by atoms with E-state index >= 15 is 0 Å². The van der Waals surface area contributed by atoms with E-state index in [-0.39, 0.29) is 17.0 Å². The van der Waals surface area contributed by atoms with Crippen molar-refractivity contribution in [3.8, 4) is 5.75 Å². The summed E-state index contributed by atoms with van der Waals surface area (Å²) in [5.74, 6) is -4.24. The Labute approximate surface area is 191 Å². The number of anilines is 1. The molecule has 9 heteroatoms. The van der Waals surface area contributed by atoms with E-state index in [1.807, 2.05) is 0 Å². The Morgan fingerprint density at radius 1 is 1.12 bits per heavy atom. The Morgan fingerprint density at radius 2 is 1.88 bits per heavy atom. The maximum atomic E-state index is 14.7. The highest BCUT2D eigenvalue weighted by atomic mass is 19.1.